The van der Waals surface area contributed by atoms with Crippen LogP contribution in [0.1, 0.15) is 39.0 Å². The molecular formula is C14H31N3O3S. The van der Waals surface area contributed by atoms with Crippen LogP contribution in [0, 0.1) is 5.41 Å². The molecule has 0 unspecified atom stereocenters. The molecule has 1 rings (SSSR count). The lowest BCUT2D eigenvalue weighted by Crippen LogP contribution is -2.41. The van der Waals surface area contributed by atoms with Crippen molar-refractivity contribution in [2.24, 2.45) is 5.41 Å². The Kier molecular flexibility index (Phi) is 8.12. The van der Waals surface area contributed by atoms with Gasteiger partial charge in [0.1, 0.15) is 0 Å². The fraction of sp³-hybridized carbons (Fsp3) is 1.00. The Morgan fingerprint density at radius 2 is 2.00 bits per heavy atom. The molecule has 0 atom stereocenters. The highest BCUT2D eigenvalue weighted by molar-refractivity contribution is 7.87. The third-order valence-electron chi connectivity index (χ3n) is 4.09. The van der Waals surface area contributed by atoms with Gasteiger partial charge in [-0.05, 0) is 50.6 Å². The molecule has 0 aromatic rings. The zero-order valence-corrected chi connectivity index (χ0v) is 14.5. The second-order valence-corrected chi connectivity index (χ2v) is 7.86. The highest BCUT2D eigenvalue weighted by Gasteiger charge is 2.42. The molecule has 0 saturated heterocycles. The molecule has 1 aliphatic rings. The van der Waals surface area contributed by atoms with Gasteiger partial charge in [-0.25, -0.2) is 4.72 Å². The molecule has 21 heavy (non-hydrogen) atoms. The second kappa shape index (κ2) is 9.05. The topological polar surface area (TPSA) is 70.7 Å². The van der Waals surface area contributed by atoms with E-state index in [1.54, 1.807) is 14.2 Å². The Labute approximate surface area is 129 Å². The molecule has 126 valence electrons. The van der Waals surface area contributed by atoms with E-state index >= 15 is 0 Å². The van der Waals surface area contributed by atoms with Gasteiger partial charge in [0.15, 0.2) is 0 Å². The highest BCUT2D eigenvalue weighted by Crippen LogP contribution is 2.48. The number of nitrogens with one attached hydrogen (secondary N) is 2. The van der Waals surface area contributed by atoms with E-state index in [-0.39, 0.29) is 5.41 Å². The summed E-state index contributed by atoms with van der Waals surface area (Å²) in [5.74, 6) is 0. The van der Waals surface area contributed by atoms with Gasteiger partial charge in [0.25, 0.3) is 10.2 Å². The standard InChI is InChI=1S/C14H31N3O3S/c1-4-9-15-10-5-11-17(2)21(18,19)16-13-14(6-7-14)8-12-20-3/h15-16H,4-13H2,1-3H3. The number of nitrogens with zero attached hydrogens (tertiary/aromatic N) is 1. The van der Waals surface area contributed by atoms with Gasteiger partial charge in [-0.3, -0.25) is 0 Å². The van der Waals surface area contributed by atoms with Crippen molar-refractivity contribution in [1.29, 1.82) is 0 Å². The Hall–Kier alpha value is -0.210. The third kappa shape index (κ3) is 7.06. The molecule has 0 aromatic heterocycles. The van der Waals surface area contributed by atoms with Crippen LogP contribution < -0.4 is 10.0 Å². The molecule has 0 aliphatic heterocycles. The van der Waals surface area contributed by atoms with Crippen molar-refractivity contribution in [3.05, 3.63) is 0 Å². The summed E-state index contributed by atoms with van der Waals surface area (Å²) in [7, 11) is -0.0396. The SMILES string of the molecule is CCCNCCCN(C)S(=O)(=O)NCC1(CCOC)CC1. The molecule has 0 radical (unpaired) electrons. The number of rotatable bonds is 13. The first-order chi connectivity index (χ1) is 9.96. The van der Waals surface area contributed by atoms with Crippen molar-refractivity contribution >= 4 is 10.2 Å². The maximum atomic E-state index is 12.2. The monoisotopic (exact) mass is 321 g/mol. The van der Waals surface area contributed by atoms with Crippen molar-refractivity contribution in [2.75, 3.05) is 46.9 Å². The first-order valence-electron chi connectivity index (χ1n) is 7.86. The third-order valence-corrected chi connectivity index (χ3v) is 5.60. The van der Waals surface area contributed by atoms with E-state index in [2.05, 4.69) is 17.0 Å². The van der Waals surface area contributed by atoms with E-state index < -0.39 is 10.2 Å². The molecule has 6 nitrogen and oxygen atoms in total. The summed E-state index contributed by atoms with van der Waals surface area (Å²) in [5, 5.41) is 3.28. The minimum atomic E-state index is -3.36. The molecular weight excluding hydrogens is 290 g/mol. The van der Waals surface area contributed by atoms with Crippen LogP contribution >= 0.6 is 0 Å². The Morgan fingerprint density at radius 1 is 1.29 bits per heavy atom. The van der Waals surface area contributed by atoms with E-state index in [1.807, 2.05) is 0 Å². The number of hydrogen-bond acceptors (Lipinski definition) is 4. The second-order valence-electron chi connectivity index (χ2n) is 5.99. The van der Waals surface area contributed by atoms with Crippen LogP contribution in [-0.4, -0.2) is 59.7 Å². The lowest BCUT2D eigenvalue weighted by atomic mass is 10.0. The predicted molar refractivity (Wildman–Crippen MR) is 85.5 cm³/mol. The quantitative estimate of drug-likeness (QED) is 0.496. The van der Waals surface area contributed by atoms with Gasteiger partial charge in [0.2, 0.25) is 0 Å². The van der Waals surface area contributed by atoms with Gasteiger partial charge in [-0.2, -0.15) is 12.7 Å². The maximum absolute atomic E-state index is 12.2. The molecule has 1 fully saturated rings. The van der Waals surface area contributed by atoms with Crippen molar-refractivity contribution in [3.8, 4) is 0 Å². The van der Waals surface area contributed by atoms with E-state index in [1.165, 1.54) is 4.31 Å². The largest absolute Gasteiger partial charge is 0.385 e. The van der Waals surface area contributed by atoms with Gasteiger partial charge >= 0.3 is 0 Å². The fourth-order valence-electron chi connectivity index (χ4n) is 2.21. The van der Waals surface area contributed by atoms with Crippen LogP contribution in [0.15, 0.2) is 0 Å². The molecule has 0 heterocycles. The zero-order valence-electron chi connectivity index (χ0n) is 13.7. The minimum Gasteiger partial charge on any atom is -0.385 e. The molecule has 0 bridgehead atoms. The molecule has 0 amide bonds. The van der Waals surface area contributed by atoms with Crippen molar-refractivity contribution < 1.29 is 13.2 Å². The van der Waals surface area contributed by atoms with Gasteiger partial charge in [-0.1, -0.05) is 6.92 Å². The van der Waals surface area contributed by atoms with E-state index in [0.717, 1.165) is 45.2 Å². The van der Waals surface area contributed by atoms with Gasteiger partial charge in [0.05, 0.1) is 0 Å². The van der Waals surface area contributed by atoms with Crippen LogP contribution in [0.4, 0.5) is 0 Å². The Morgan fingerprint density at radius 3 is 2.57 bits per heavy atom. The van der Waals surface area contributed by atoms with Crippen LogP contribution in [0.25, 0.3) is 0 Å². The number of methoxy groups -OCH3 is 1. The van der Waals surface area contributed by atoms with Crippen LogP contribution in [0.2, 0.25) is 0 Å². The van der Waals surface area contributed by atoms with E-state index in [9.17, 15) is 8.42 Å². The molecule has 7 heteroatoms. The van der Waals surface area contributed by atoms with Crippen molar-refractivity contribution in [2.45, 2.75) is 39.0 Å². The molecule has 2 N–H and O–H groups in total. The van der Waals surface area contributed by atoms with Crippen LogP contribution in [0.5, 0.6) is 0 Å². The van der Waals surface area contributed by atoms with Crippen LogP contribution in [-0.2, 0) is 14.9 Å². The lowest BCUT2D eigenvalue weighted by molar-refractivity contribution is 0.172. The summed E-state index contributed by atoms with van der Waals surface area (Å²) in [5.41, 5.74) is 0.132. The Bertz CT molecular complexity index is 383. The lowest BCUT2D eigenvalue weighted by Gasteiger charge is -2.21. The van der Waals surface area contributed by atoms with Gasteiger partial charge in [-0.15, -0.1) is 0 Å². The molecule has 1 aliphatic carbocycles. The summed E-state index contributed by atoms with van der Waals surface area (Å²) in [6, 6.07) is 0. The average molecular weight is 321 g/mol. The summed E-state index contributed by atoms with van der Waals surface area (Å²) in [4.78, 5) is 0. The summed E-state index contributed by atoms with van der Waals surface area (Å²) >= 11 is 0. The number of hydrogen-bond donors (Lipinski definition) is 2. The Balaban J connectivity index is 2.25. The summed E-state index contributed by atoms with van der Waals surface area (Å²) in [6.45, 7) is 5.71. The molecule has 0 spiro atoms. The highest BCUT2D eigenvalue weighted by atomic mass is 32.2. The van der Waals surface area contributed by atoms with Crippen molar-refractivity contribution in [3.63, 3.8) is 0 Å². The minimum absolute atomic E-state index is 0.132. The molecule has 0 aromatic carbocycles. The first kappa shape index (κ1) is 18.8. The fourth-order valence-corrected chi connectivity index (χ4v) is 3.29. The van der Waals surface area contributed by atoms with E-state index in [4.69, 9.17) is 4.74 Å². The first-order valence-corrected chi connectivity index (χ1v) is 9.30. The van der Waals surface area contributed by atoms with Crippen molar-refractivity contribution in [1.82, 2.24) is 14.3 Å². The van der Waals surface area contributed by atoms with Crippen LogP contribution in [0.3, 0.4) is 0 Å². The predicted octanol–water partition coefficient (Wildman–Crippen LogP) is 0.959. The summed E-state index contributed by atoms with van der Waals surface area (Å²) < 4.78 is 33.6. The number of ether oxygens (including phenoxy) is 1. The normalized spacial score (nSPS) is 17.3. The average Bonchev–Trinajstić information content (AvgIpc) is 3.23. The maximum Gasteiger partial charge on any atom is 0.279 e. The van der Waals surface area contributed by atoms with Gasteiger partial charge < -0.3 is 10.1 Å². The smallest absolute Gasteiger partial charge is 0.279 e. The van der Waals surface area contributed by atoms with Gasteiger partial charge in [0, 0.05) is 33.9 Å². The summed E-state index contributed by atoms with van der Waals surface area (Å²) in [6.07, 6.45) is 5.02. The zero-order chi connectivity index (χ0) is 15.8. The molecule has 1 saturated carbocycles. The van der Waals surface area contributed by atoms with E-state index in [0.29, 0.717) is 19.7 Å².